The maximum absolute atomic E-state index is 12.5. The highest BCUT2D eigenvalue weighted by atomic mass is 35.5. The van der Waals surface area contributed by atoms with Gasteiger partial charge in [-0.05, 0) is 37.1 Å². The van der Waals surface area contributed by atoms with Crippen molar-refractivity contribution < 1.29 is 9.59 Å². The van der Waals surface area contributed by atoms with E-state index >= 15 is 0 Å². The number of carbonyl (C=O) groups is 2. The molecule has 1 saturated carbocycles. The van der Waals surface area contributed by atoms with E-state index in [1.54, 1.807) is 36.2 Å². The van der Waals surface area contributed by atoms with Crippen molar-refractivity contribution >= 4 is 29.1 Å². The van der Waals surface area contributed by atoms with Gasteiger partial charge in [0.1, 0.15) is 0 Å². The van der Waals surface area contributed by atoms with Crippen molar-refractivity contribution in [3.05, 3.63) is 53.1 Å². The first-order valence-corrected chi connectivity index (χ1v) is 7.59. The van der Waals surface area contributed by atoms with Gasteiger partial charge in [-0.2, -0.15) is 0 Å². The van der Waals surface area contributed by atoms with Crippen LogP contribution >= 0.6 is 11.6 Å². The lowest BCUT2D eigenvalue weighted by Gasteiger charge is -2.16. The highest BCUT2D eigenvalue weighted by molar-refractivity contribution is 6.30. The maximum Gasteiger partial charge on any atom is 0.276 e. The minimum absolute atomic E-state index is 0.0138. The first kappa shape index (κ1) is 15.4. The van der Waals surface area contributed by atoms with Crippen LogP contribution in [0.1, 0.15) is 33.8 Å². The van der Waals surface area contributed by atoms with Gasteiger partial charge in [-0.3, -0.25) is 9.59 Å². The molecule has 1 aromatic heterocycles. The van der Waals surface area contributed by atoms with Crippen molar-refractivity contribution in [2.75, 3.05) is 12.4 Å². The standard InChI is InChI=1S/C16H15ClN4O2/c1-21(12-6-7-12)16(23)14-13(18-8-9-19-14)15(22)20-11-4-2-10(17)3-5-11/h2-5,8-9,12H,6-7H2,1H3,(H,20,22). The summed E-state index contributed by atoms with van der Waals surface area (Å²) in [5, 5.41) is 3.27. The van der Waals surface area contributed by atoms with E-state index in [0.29, 0.717) is 10.7 Å². The zero-order valence-corrected chi connectivity index (χ0v) is 13.2. The molecule has 0 radical (unpaired) electrons. The lowest BCUT2D eigenvalue weighted by atomic mass is 10.2. The lowest BCUT2D eigenvalue weighted by molar-refractivity contribution is 0.0773. The summed E-state index contributed by atoms with van der Waals surface area (Å²) in [5.41, 5.74) is 0.646. The summed E-state index contributed by atoms with van der Waals surface area (Å²) in [5.74, 6) is -0.769. The highest BCUT2D eigenvalue weighted by Gasteiger charge is 2.32. The summed E-state index contributed by atoms with van der Waals surface area (Å²) in [4.78, 5) is 34.6. The smallest absolute Gasteiger partial charge is 0.276 e. The van der Waals surface area contributed by atoms with Gasteiger partial charge in [-0.15, -0.1) is 0 Å². The Balaban J connectivity index is 1.82. The Morgan fingerprint density at radius 1 is 1.13 bits per heavy atom. The van der Waals surface area contributed by atoms with E-state index in [1.807, 2.05) is 0 Å². The number of carbonyl (C=O) groups excluding carboxylic acids is 2. The summed E-state index contributed by atoms with van der Waals surface area (Å²) < 4.78 is 0. The van der Waals surface area contributed by atoms with Crippen molar-refractivity contribution in [3.8, 4) is 0 Å². The summed E-state index contributed by atoms with van der Waals surface area (Å²) in [6.45, 7) is 0. The molecule has 0 bridgehead atoms. The summed E-state index contributed by atoms with van der Waals surface area (Å²) in [6.07, 6.45) is 4.77. The Morgan fingerprint density at radius 3 is 2.35 bits per heavy atom. The monoisotopic (exact) mass is 330 g/mol. The Bertz CT molecular complexity index is 744. The van der Waals surface area contributed by atoms with E-state index in [-0.39, 0.29) is 23.3 Å². The van der Waals surface area contributed by atoms with Gasteiger partial charge in [-0.25, -0.2) is 9.97 Å². The SMILES string of the molecule is CN(C(=O)c1nccnc1C(=O)Nc1ccc(Cl)cc1)C1CC1. The zero-order chi connectivity index (χ0) is 16.4. The number of halogens is 1. The molecule has 0 saturated heterocycles. The fourth-order valence-electron chi connectivity index (χ4n) is 2.18. The number of rotatable bonds is 4. The minimum Gasteiger partial charge on any atom is -0.337 e. The first-order chi connectivity index (χ1) is 11.1. The molecular formula is C16H15ClN4O2. The summed E-state index contributed by atoms with van der Waals surface area (Å²) in [7, 11) is 1.72. The van der Waals surface area contributed by atoms with Gasteiger partial charge in [0.15, 0.2) is 11.4 Å². The fraction of sp³-hybridized carbons (Fsp3) is 0.250. The van der Waals surface area contributed by atoms with E-state index < -0.39 is 5.91 Å². The first-order valence-electron chi connectivity index (χ1n) is 7.21. The molecule has 3 rings (SSSR count). The number of benzene rings is 1. The van der Waals surface area contributed by atoms with Crippen LogP contribution in [0, 0.1) is 0 Å². The highest BCUT2D eigenvalue weighted by Crippen LogP contribution is 2.26. The van der Waals surface area contributed by atoms with Crippen LogP contribution in [-0.4, -0.2) is 39.8 Å². The summed E-state index contributed by atoms with van der Waals surface area (Å²) >= 11 is 5.82. The molecule has 0 spiro atoms. The van der Waals surface area contributed by atoms with Crippen molar-refractivity contribution in [3.63, 3.8) is 0 Å². The van der Waals surface area contributed by atoms with E-state index in [9.17, 15) is 9.59 Å². The molecule has 2 amide bonds. The third-order valence-corrected chi connectivity index (χ3v) is 3.88. The molecule has 7 heteroatoms. The molecule has 2 aromatic rings. The van der Waals surface area contributed by atoms with E-state index in [2.05, 4.69) is 15.3 Å². The Morgan fingerprint density at radius 2 is 1.74 bits per heavy atom. The molecule has 23 heavy (non-hydrogen) atoms. The van der Waals surface area contributed by atoms with Gasteiger partial charge in [0, 0.05) is 36.2 Å². The van der Waals surface area contributed by atoms with Gasteiger partial charge in [0.05, 0.1) is 0 Å². The molecule has 1 fully saturated rings. The van der Waals surface area contributed by atoms with Crippen molar-refractivity contribution in [2.45, 2.75) is 18.9 Å². The molecule has 0 atom stereocenters. The Labute approximate surface area is 138 Å². The molecule has 6 nitrogen and oxygen atoms in total. The predicted octanol–water partition coefficient (Wildman–Crippen LogP) is 2.62. The second-order valence-corrected chi connectivity index (χ2v) is 5.80. The number of amides is 2. The Kier molecular flexibility index (Phi) is 4.25. The number of aromatic nitrogens is 2. The average Bonchev–Trinajstić information content (AvgIpc) is 3.40. The molecule has 1 aromatic carbocycles. The second kappa shape index (κ2) is 6.34. The normalized spacial score (nSPS) is 13.5. The molecule has 1 aliphatic rings. The van der Waals surface area contributed by atoms with Crippen molar-refractivity contribution in [1.29, 1.82) is 0 Å². The molecular weight excluding hydrogens is 316 g/mol. The molecule has 118 valence electrons. The van der Waals surface area contributed by atoms with Gasteiger partial charge in [0.25, 0.3) is 11.8 Å². The van der Waals surface area contributed by atoms with E-state index in [1.165, 1.54) is 12.4 Å². The van der Waals surface area contributed by atoms with Gasteiger partial charge >= 0.3 is 0 Å². The van der Waals surface area contributed by atoms with Crippen LogP contribution in [0.3, 0.4) is 0 Å². The van der Waals surface area contributed by atoms with Crippen LogP contribution in [0.4, 0.5) is 5.69 Å². The zero-order valence-electron chi connectivity index (χ0n) is 12.5. The topological polar surface area (TPSA) is 75.2 Å². The largest absolute Gasteiger partial charge is 0.337 e. The van der Waals surface area contributed by atoms with E-state index in [4.69, 9.17) is 11.6 Å². The third-order valence-electron chi connectivity index (χ3n) is 3.63. The number of hydrogen-bond donors (Lipinski definition) is 1. The van der Waals surface area contributed by atoms with Crippen LogP contribution in [0.5, 0.6) is 0 Å². The number of hydrogen-bond acceptors (Lipinski definition) is 4. The second-order valence-electron chi connectivity index (χ2n) is 5.36. The van der Waals surface area contributed by atoms with Crippen LogP contribution in [0.2, 0.25) is 5.02 Å². The van der Waals surface area contributed by atoms with Gasteiger partial charge in [-0.1, -0.05) is 11.6 Å². The van der Waals surface area contributed by atoms with Crippen LogP contribution in [-0.2, 0) is 0 Å². The molecule has 1 N–H and O–H groups in total. The molecule has 1 aliphatic carbocycles. The van der Waals surface area contributed by atoms with Crippen LogP contribution in [0.15, 0.2) is 36.7 Å². The number of nitrogens with one attached hydrogen (secondary N) is 1. The van der Waals surface area contributed by atoms with Gasteiger partial charge in [0.2, 0.25) is 0 Å². The van der Waals surface area contributed by atoms with Gasteiger partial charge < -0.3 is 10.2 Å². The fourth-order valence-corrected chi connectivity index (χ4v) is 2.30. The summed E-state index contributed by atoms with van der Waals surface area (Å²) in [6, 6.07) is 6.92. The number of anilines is 1. The minimum atomic E-state index is -0.479. The average molecular weight is 331 g/mol. The predicted molar refractivity (Wildman–Crippen MR) is 86.6 cm³/mol. The Hall–Kier alpha value is -2.47. The van der Waals surface area contributed by atoms with Crippen LogP contribution in [0.25, 0.3) is 0 Å². The maximum atomic E-state index is 12.5. The third kappa shape index (κ3) is 3.48. The molecule has 0 aliphatic heterocycles. The molecule has 0 unspecified atom stereocenters. The van der Waals surface area contributed by atoms with Crippen LogP contribution < -0.4 is 5.32 Å². The number of nitrogens with zero attached hydrogens (tertiary/aromatic N) is 3. The quantitative estimate of drug-likeness (QED) is 0.935. The van der Waals surface area contributed by atoms with E-state index in [0.717, 1.165) is 12.8 Å². The molecule has 1 heterocycles. The lowest BCUT2D eigenvalue weighted by Crippen LogP contribution is -2.32. The van der Waals surface area contributed by atoms with Crippen molar-refractivity contribution in [2.24, 2.45) is 0 Å². The van der Waals surface area contributed by atoms with Crippen molar-refractivity contribution in [1.82, 2.24) is 14.9 Å².